The second-order valence-electron chi connectivity index (χ2n) is 2.62. The number of aliphatic hydroxyl groups excluding tert-OH is 1. The Kier molecular flexibility index (Phi) is 4.08. The summed E-state index contributed by atoms with van der Waals surface area (Å²) in [7, 11) is 0. The molecule has 0 heterocycles. The van der Waals surface area contributed by atoms with E-state index in [1.807, 2.05) is 0 Å². The minimum atomic E-state index is -3.32. The van der Waals surface area contributed by atoms with Crippen molar-refractivity contribution in [1.82, 2.24) is 0 Å². The second-order valence-corrected chi connectivity index (χ2v) is 5.38. The summed E-state index contributed by atoms with van der Waals surface area (Å²) in [5.74, 6) is 0. The first kappa shape index (κ1) is 12.5. The maximum absolute atomic E-state index is 12.7. The van der Waals surface area contributed by atoms with Crippen molar-refractivity contribution in [2.75, 3.05) is 0 Å². The van der Waals surface area contributed by atoms with Crippen LogP contribution in [0.3, 0.4) is 0 Å². The molecule has 0 saturated carbocycles. The van der Waals surface area contributed by atoms with Crippen LogP contribution in [0.25, 0.3) is 0 Å². The topological polar surface area (TPSA) is 20.2 Å². The summed E-state index contributed by atoms with van der Waals surface area (Å²) in [5, 5.41) is 9.24. The van der Waals surface area contributed by atoms with E-state index in [1.54, 1.807) is 6.07 Å². The summed E-state index contributed by atoms with van der Waals surface area (Å²) in [4.78, 5) is -3.32. The predicted molar refractivity (Wildman–Crippen MR) is 60.7 cm³/mol. The van der Waals surface area contributed by atoms with Crippen molar-refractivity contribution in [3.8, 4) is 0 Å². The van der Waals surface area contributed by atoms with Gasteiger partial charge in [0.15, 0.2) is 6.10 Å². The van der Waals surface area contributed by atoms with Gasteiger partial charge in [-0.3, -0.25) is 0 Å². The molecule has 0 amide bonds. The molecule has 0 radical (unpaired) electrons. The molecule has 0 aliphatic carbocycles. The number of halogens is 5. The van der Waals surface area contributed by atoms with Crippen molar-refractivity contribution in [2.45, 2.75) is 10.9 Å². The third kappa shape index (κ3) is 2.98. The summed E-state index contributed by atoms with van der Waals surface area (Å²) in [6, 6.07) is 4.44. The minimum absolute atomic E-state index is 0.141. The van der Waals surface area contributed by atoms with Crippen molar-refractivity contribution < 1.29 is 13.9 Å². The van der Waals surface area contributed by atoms with Gasteiger partial charge in [-0.05, 0) is 65.5 Å². The van der Waals surface area contributed by atoms with Gasteiger partial charge in [0.05, 0.1) is 0 Å². The highest BCUT2D eigenvalue weighted by molar-refractivity contribution is 9.13. The molecule has 0 bridgehead atoms. The Hall–Kier alpha value is 0.480. The molecule has 1 unspecified atom stereocenters. The van der Waals surface area contributed by atoms with Crippen LogP contribution in [0.4, 0.5) is 8.78 Å². The van der Waals surface area contributed by atoms with Gasteiger partial charge in [0.25, 0.3) is 0 Å². The van der Waals surface area contributed by atoms with E-state index < -0.39 is 10.9 Å². The molecule has 1 nitrogen and oxygen atoms in total. The fraction of sp³-hybridized carbons (Fsp3) is 0.250. The molecule has 1 atom stereocenters. The third-order valence-electron chi connectivity index (χ3n) is 1.57. The van der Waals surface area contributed by atoms with Crippen LogP contribution in [-0.2, 0) is 0 Å². The van der Waals surface area contributed by atoms with Crippen LogP contribution in [0, 0.1) is 0 Å². The molecule has 1 aromatic rings. The Labute approximate surface area is 105 Å². The highest BCUT2D eigenvalue weighted by Crippen LogP contribution is 2.38. The fourth-order valence-electron chi connectivity index (χ4n) is 0.871. The molecule has 6 heteroatoms. The van der Waals surface area contributed by atoms with E-state index in [-0.39, 0.29) is 5.56 Å². The SMILES string of the molecule is OC(c1ccc(Br)c(Br)c1)C(F)(F)Br. The Balaban J connectivity index is 3.03. The summed E-state index contributed by atoms with van der Waals surface area (Å²) in [6.07, 6.45) is -1.85. The van der Waals surface area contributed by atoms with Gasteiger partial charge in [-0.25, -0.2) is 0 Å². The Bertz CT molecular complexity index is 338. The van der Waals surface area contributed by atoms with Gasteiger partial charge in [0, 0.05) is 8.95 Å². The van der Waals surface area contributed by atoms with Crippen LogP contribution in [-0.4, -0.2) is 9.94 Å². The van der Waals surface area contributed by atoms with Crippen LogP contribution in [0.15, 0.2) is 27.1 Å². The lowest BCUT2D eigenvalue weighted by atomic mass is 10.1. The van der Waals surface area contributed by atoms with Crippen molar-refractivity contribution in [3.63, 3.8) is 0 Å². The van der Waals surface area contributed by atoms with Gasteiger partial charge >= 0.3 is 4.83 Å². The van der Waals surface area contributed by atoms with Gasteiger partial charge in [0.2, 0.25) is 0 Å². The smallest absolute Gasteiger partial charge is 0.330 e. The normalized spacial score (nSPS) is 14.1. The second kappa shape index (κ2) is 4.55. The average Bonchev–Trinajstić information content (AvgIpc) is 2.07. The molecule has 0 spiro atoms. The number of benzene rings is 1. The van der Waals surface area contributed by atoms with Crippen molar-refractivity contribution in [1.29, 1.82) is 0 Å². The monoisotopic (exact) mass is 392 g/mol. The van der Waals surface area contributed by atoms with Gasteiger partial charge in [-0.15, -0.1) is 0 Å². The molecule has 78 valence electrons. The lowest BCUT2D eigenvalue weighted by Gasteiger charge is -2.16. The van der Waals surface area contributed by atoms with Crippen LogP contribution in [0.1, 0.15) is 11.7 Å². The van der Waals surface area contributed by atoms with Crippen molar-refractivity contribution in [3.05, 3.63) is 32.7 Å². The number of alkyl halides is 3. The van der Waals surface area contributed by atoms with Crippen LogP contribution < -0.4 is 0 Å². The van der Waals surface area contributed by atoms with E-state index in [4.69, 9.17) is 0 Å². The number of rotatable bonds is 2. The molecule has 0 fully saturated rings. The predicted octanol–water partition coefficient (Wildman–Crippen LogP) is 4.23. The molecule has 1 rings (SSSR count). The summed E-state index contributed by atoms with van der Waals surface area (Å²) >= 11 is 8.48. The quantitative estimate of drug-likeness (QED) is 0.744. The molecular weight excluding hydrogens is 390 g/mol. The van der Waals surface area contributed by atoms with E-state index in [9.17, 15) is 13.9 Å². The number of hydrogen-bond donors (Lipinski definition) is 1. The molecule has 1 aromatic carbocycles. The zero-order valence-corrected chi connectivity index (χ0v) is 11.4. The Morgan fingerprint density at radius 3 is 2.21 bits per heavy atom. The summed E-state index contributed by atoms with van der Waals surface area (Å²) < 4.78 is 26.7. The van der Waals surface area contributed by atoms with E-state index in [2.05, 4.69) is 47.8 Å². The first-order valence-electron chi connectivity index (χ1n) is 3.52. The summed E-state index contributed by atoms with van der Waals surface area (Å²) in [5.41, 5.74) is 0.141. The molecular formula is C8H5Br3F2O. The summed E-state index contributed by atoms with van der Waals surface area (Å²) in [6.45, 7) is 0. The van der Waals surface area contributed by atoms with E-state index in [0.29, 0.717) is 4.47 Å². The largest absolute Gasteiger partial charge is 0.381 e. The molecule has 14 heavy (non-hydrogen) atoms. The molecule has 0 saturated heterocycles. The van der Waals surface area contributed by atoms with E-state index >= 15 is 0 Å². The van der Waals surface area contributed by atoms with Crippen LogP contribution >= 0.6 is 47.8 Å². The lowest BCUT2D eigenvalue weighted by molar-refractivity contribution is -0.0294. The molecule has 1 N–H and O–H groups in total. The minimum Gasteiger partial charge on any atom is -0.381 e. The third-order valence-corrected chi connectivity index (χ3v) is 3.88. The Morgan fingerprint density at radius 1 is 1.21 bits per heavy atom. The standard InChI is InChI=1S/C8H5Br3F2O/c9-5-2-1-4(3-6(5)10)7(14)8(11,12)13/h1-3,7,14H. The maximum atomic E-state index is 12.7. The van der Waals surface area contributed by atoms with Gasteiger partial charge in [-0.1, -0.05) is 6.07 Å². The zero-order chi connectivity index (χ0) is 10.9. The molecule has 0 aromatic heterocycles. The first-order chi connectivity index (χ1) is 6.32. The average molecular weight is 395 g/mol. The van der Waals surface area contributed by atoms with Gasteiger partial charge in [-0.2, -0.15) is 8.78 Å². The van der Waals surface area contributed by atoms with Gasteiger partial charge in [0.1, 0.15) is 0 Å². The highest BCUT2D eigenvalue weighted by Gasteiger charge is 2.36. The van der Waals surface area contributed by atoms with Crippen molar-refractivity contribution in [2.24, 2.45) is 0 Å². The maximum Gasteiger partial charge on any atom is 0.330 e. The lowest BCUT2D eigenvalue weighted by Crippen LogP contribution is -2.18. The van der Waals surface area contributed by atoms with Crippen LogP contribution in [0.5, 0.6) is 0 Å². The highest BCUT2D eigenvalue weighted by atomic mass is 79.9. The number of aliphatic hydroxyl groups is 1. The molecule has 0 aliphatic heterocycles. The fourth-order valence-corrected chi connectivity index (χ4v) is 1.78. The van der Waals surface area contributed by atoms with E-state index in [1.165, 1.54) is 12.1 Å². The van der Waals surface area contributed by atoms with Crippen molar-refractivity contribution >= 4 is 47.8 Å². The Morgan fingerprint density at radius 2 is 1.79 bits per heavy atom. The first-order valence-corrected chi connectivity index (χ1v) is 5.90. The van der Waals surface area contributed by atoms with Crippen LogP contribution in [0.2, 0.25) is 0 Å². The zero-order valence-electron chi connectivity index (χ0n) is 6.65. The van der Waals surface area contributed by atoms with Gasteiger partial charge < -0.3 is 5.11 Å². The van der Waals surface area contributed by atoms with E-state index in [0.717, 1.165) is 4.47 Å². The molecule has 0 aliphatic rings. The number of hydrogen-bond acceptors (Lipinski definition) is 1.